The van der Waals surface area contributed by atoms with Crippen LogP contribution in [-0.2, 0) is 0 Å². The number of rotatable bonds is 4. The summed E-state index contributed by atoms with van der Waals surface area (Å²) in [4.78, 5) is 4.38. The molecule has 0 radical (unpaired) electrons. The summed E-state index contributed by atoms with van der Waals surface area (Å²) in [6.45, 7) is 2.97. The van der Waals surface area contributed by atoms with Crippen LogP contribution < -0.4 is 11.1 Å². The van der Waals surface area contributed by atoms with Gasteiger partial charge in [-0.3, -0.25) is 4.98 Å². The van der Waals surface area contributed by atoms with Crippen LogP contribution >= 0.6 is 0 Å². The lowest BCUT2D eigenvalue weighted by Crippen LogP contribution is -2.37. The lowest BCUT2D eigenvalue weighted by Gasteiger charge is -2.23. The van der Waals surface area contributed by atoms with Gasteiger partial charge in [-0.05, 0) is 44.4 Å². The van der Waals surface area contributed by atoms with Gasteiger partial charge in [0.15, 0.2) is 0 Å². The van der Waals surface area contributed by atoms with Crippen LogP contribution in [0.1, 0.15) is 37.9 Å². The van der Waals surface area contributed by atoms with Crippen molar-refractivity contribution in [3.05, 3.63) is 30.1 Å². The van der Waals surface area contributed by atoms with Gasteiger partial charge in [0.05, 0.1) is 5.69 Å². The average molecular weight is 219 g/mol. The Morgan fingerprint density at radius 1 is 1.50 bits per heavy atom. The SMILES string of the molecule is C[C@@H](NC1CCCC1CN)c1ccccn1. The minimum Gasteiger partial charge on any atom is -0.330 e. The first-order valence-electron chi connectivity index (χ1n) is 6.18. The topological polar surface area (TPSA) is 50.9 Å². The minimum atomic E-state index is 0.318. The van der Waals surface area contributed by atoms with Crippen LogP contribution in [0.4, 0.5) is 0 Å². The zero-order chi connectivity index (χ0) is 11.4. The van der Waals surface area contributed by atoms with Gasteiger partial charge >= 0.3 is 0 Å². The maximum atomic E-state index is 5.78. The Bertz CT molecular complexity index is 312. The van der Waals surface area contributed by atoms with Crippen molar-refractivity contribution in [1.82, 2.24) is 10.3 Å². The molecule has 1 aliphatic carbocycles. The van der Waals surface area contributed by atoms with Crippen LogP contribution in [0.3, 0.4) is 0 Å². The highest BCUT2D eigenvalue weighted by Gasteiger charge is 2.27. The van der Waals surface area contributed by atoms with Gasteiger partial charge in [-0.15, -0.1) is 0 Å². The van der Waals surface area contributed by atoms with E-state index in [9.17, 15) is 0 Å². The molecular formula is C13H21N3. The zero-order valence-electron chi connectivity index (χ0n) is 9.89. The Hall–Kier alpha value is -0.930. The van der Waals surface area contributed by atoms with Gasteiger partial charge in [-0.2, -0.15) is 0 Å². The largest absolute Gasteiger partial charge is 0.330 e. The first-order chi connectivity index (χ1) is 7.81. The van der Waals surface area contributed by atoms with Gasteiger partial charge in [0.25, 0.3) is 0 Å². The molecule has 3 N–H and O–H groups in total. The fourth-order valence-corrected chi connectivity index (χ4v) is 2.58. The summed E-state index contributed by atoms with van der Waals surface area (Å²) in [5, 5.41) is 3.65. The molecule has 0 saturated heterocycles. The van der Waals surface area contributed by atoms with Crippen molar-refractivity contribution in [2.45, 2.75) is 38.3 Å². The quantitative estimate of drug-likeness (QED) is 0.812. The predicted octanol–water partition coefficient (Wildman–Crippen LogP) is 1.86. The molecule has 16 heavy (non-hydrogen) atoms. The molecule has 3 heteroatoms. The average Bonchev–Trinajstić information content (AvgIpc) is 2.77. The van der Waals surface area contributed by atoms with Gasteiger partial charge in [-0.1, -0.05) is 12.5 Å². The van der Waals surface area contributed by atoms with E-state index in [1.54, 1.807) is 0 Å². The molecule has 0 amide bonds. The molecule has 1 fully saturated rings. The van der Waals surface area contributed by atoms with Gasteiger partial charge in [-0.25, -0.2) is 0 Å². The monoisotopic (exact) mass is 219 g/mol. The molecule has 0 aliphatic heterocycles. The van der Waals surface area contributed by atoms with Crippen LogP contribution in [0, 0.1) is 5.92 Å². The molecule has 1 heterocycles. The van der Waals surface area contributed by atoms with Crippen molar-refractivity contribution in [3.63, 3.8) is 0 Å². The second-order valence-corrected chi connectivity index (χ2v) is 4.68. The third-order valence-electron chi connectivity index (χ3n) is 3.56. The van der Waals surface area contributed by atoms with Crippen molar-refractivity contribution in [2.24, 2.45) is 11.7 Å². The molecule has 0 bridgehead atoms. The summed E-state index contributed by atoms with van der Waals surface area (Å²) >= 11 is 0. The van der Waals surface area contributed by atoms with E-state index < -0.39 is 0 Å². The van der Waals surface area contributed by atoms with Crippen LogP contribution in [-0.4, -0.2) is 17.6 Å². The molecule has 3 atom stereocenters. The third-order valence-corrected chi connectivity index (χ3v) is 3.56. The number of pyridine rings is 1. The standard InChI is InChI=1S/C13H21N3/c1-10(12-6-2-3-8-15-12)16-13-7-4-5-11(13)9-14/h2-3,6,8,10-11,13,16H,4-5,7,9,14H2,1H3/t10-,11?,13?/m1/s1. The first kappa shape index (κ1) is 11.6. The van der Waals surface area contributed by atoms with E-state index >= 15 is 0 Å². The molecule has 1 aromatic rings. The normalized spacial score (nSPS) is 26.9. The molecule has 88 valence electrons. The highest BCUT2D eigenvalue weighted by Crippen LogP contribution is 2.26. The predicted molar refractivity (Wildman–Crippen MR) is 66.0 cm³/mol. The van der Waals surface area contributed by atoms with E-state index in [0.29, 0.717) is 18.0 Å². The zero-order valence-corrected chi connectivity index (χ0v) is 9.89. The Kier molecular flexibility index (Phi) is 3.91. The summed E-state index contributed by atoms with van der Waals surface area (Å²) < 4.78 is 0. The maximum absolute atomic E-state index is 5.78. The molecule has 0 aromatic carbocycles. The van der Waals surface area contributed by atoms with E-state index in [1.165, 1.54) is 19.3 Å². The number of aromatic nitrogens is 1. The number of hydrogen-bond donors (Lipinski definition) is 2. The number of nitrogens with two attached hydrogens (primary N) is 1. The molecular weight excluding hydrogens is 198 g/mol. The van der Waals surface area contributed by atoms with Crippen molar-refractivity contribution >= 4 is 0 Å². The van der Waals surface area contributed by atoms with Gasteiger partial charge < -0.3 is 11.1 Å². The van der Waals surface area contributed by atoms with E-state index in [0.717, 1.165) is 12.2 Å². The molecule has 1 aliphatic rings. The first-order valence-corrected chi connectivity index (χ1v) is 6.18. The number of hydrogen-bond acceptors (Lipinski definition) is 3. The highest BCUT2D eigenvalue weighted by molar-refractivity contribution is 5.08. The third kappa shape index (κ3) is 2.60. The summed E-state index contributed by atoms with van der Waals surface area (Å²) in [6, 6.07) is 6.95. The van der Waals surface area contributed by atoms with Gasteiger partial charge in [0.2, 0.25) is 0 Å². The highest BCUT2D eigenvalue weighted by atomic mass is 15.0. The molecule has 2 unspecified atom stereocenters. The van der Waals surface area contributed by atoms with Crippen molar-refractivity contribution in [1.29, 1.82) is 0 Å². The minimum absolute atomic E-state index is 0.318. The fourth-order valence-electron chi connectivity index (χ4n) is 2.58. The van der Waals surface area contributed by atoms with Gasteiger partial charge in [0.1, 0.15) is 0 Å². The Morgan fingerprint density at radius 3 is 3.06 bits per heavy atom. The van der Waals surface area contributed by atoms with Crippen molar-refractivity contribution in [2.75, 3.05) is 6.54 Å². The van der Waals surface area contributed by atoms with Crippen LogP contribution in [0.15, 0.2) is 24.4 Å². The second-order valence-electron chi connectivity index (χ2n) is 4.68. The molecule has 1 aromatic heterocycles. The number of nitrogens with one attached hydrogen (secondary N) is 1. The summed E-state index contributed by atoms with van der Waals surface area (Å²) in [6.07, 6.45) is 5.67. The lowest BCUT2D eigenvalue weighted by atomic mass is 10.0. The van der Waals surface area contributed by atoms with Crippen LogP contribution in [0.5, 0.6) is 0 Å². The van der Waals surface area contributed by atoms with E-state index in [1.807, 2.05) is 18.3 Å². The van der Waals surface area contributed by atoms with Crippen LogP contribution in [0.25, 0.3) is 0 Å². The molecule has 1 saturated carbocycles. The second kappa shape index (κ2) is 5.41. The summed E-state index contributed by atoms with van der Waals surface area (Å²) in [7, 11) is 0. The Balaban J connectivity index is 1.94. The van der Waals surface area contributed by atoms with Crippen LogP contribution in [0.2, 0.25) is 0 Å². The molecule has 3 nitrogen and oxygen atoms in total. The van der Waals surface area contributed by atoms with Gasteiger partial charge in [0, 0.05) is 18.3 Å². The van der Waals surface area contributed by atoms with E-state index in [4.69, 9.17) is 5.73 Å². The molecule has 2 rings (SSSR count). The maximum Gasteiger partial charge on any atom is 0.0570 e. The Labute approximate surface area is 97.5 Å². The smallest absolute Gasteiger partial charge is 0.0570 e. The fraction of sp³-hybridized carbons (Fsp3) is 0.615. The van der Waals surface area contributed by atoms with E-state index in [2.05, 4.69) is 23.3 Å². The van der Waals surface area contributed by atoms with Crippen molar-refractivity contribution < 1.29 is 0 Å². The number of nitrogens with zero attached hydrogens (tertiary/aromatic N) is 1. The molecule has 0 spiro atoms. The summed E-state index contributed by atoms with van der Waals surface area (Å²) in [5.41, 5.74) is 6.90. The van der Waals surface area contributed by atoms with Crippen molar-refractivity contribution in [3.8, 4) is 0 Å². The summed E-state index contributed by atoms with van der Waals surface area (Å²) in [5.74, 6) is 0.645. The lowest BCUT2D eigenvalue weighted by molar-refractivity contribution is 0.370. The van der Waals surface area contributed by atoms with E-state index in [-0.39, 0.29) is 0 Å². The Morgan fingerprint density at radius 2 is 2.38 bits per heavy atom.